The van der Waals surface area contributed by atoms with Crippen LogP contribution >= 0.6 is 11.8 Å². The third-order valence-corrected chi connectivity index (χ3v) is 5.34. The van der Waals surface area contributed by atoms with Gasteiger partial charge in [0.25, 0.3) is 5.22 Å². The maximum absolute atomic E-state index is 12.4. The summed E-state index contributed by atoms with van der Waals surface area (Å²) in [5, 5.41) is 4.77. The molecule has 1 amide bonds. The SMILES string of the molecule is O=C(CSc1nc2ccccc2o1)N1CCN(CCn2cccn2)CC1. The fraction of sp³-hybridized carbons (Fsp3) is 0.389. The molecule has 0 bridgehead atoms. The standard InChI is InChI=1S/C18H21N5O2S/c24-17(14-26-18-20-15-4-1-2-5-16(15)25-18)22-11-8-21(9-12-22)10-13-23-7-3-6-19-23/h1-7H,8-14H2. The van der Waals surface area contributed by atoms with E-state index in [1.807, 2.05) is 46.1 Å². The van der Waals surface area contributed by atoms with Crippen molar-refractivity contribution in [1.82, 2.24) is 24.6 Å². The van der Waals surface area contributed by atoms with Crippen LogP contribution in [-0.2, 0) is 11.3 Å². The fourth-order valence-electron chi connectivity index (χ4n) is 3.03. The van der Waals surface area contributed by atoms with Crippen LogP contribution in [0, 0.1) is 0 Å². The lowest BCUT2D eigenvalue weighted by atomic mass is 10.3. The Hall–Kier alpha value is -2.32. The molecule has 3 aromatic rings. The number of rotatable bonds is 6. The molecule has 136 valence electrons. The van der Waals surface area contributed by atoms with Crippen molar-refractivity contribution in [2.24, 2.45) is 0 Å². The Kier molecular flexibility index (Phi) is 5.21. The van der Waals surface area contributed by atoms with Crippen LogP contribution in [0.5, 0.6) is 0 Å². The summed E-state index contributed by atoms with van der Waals surface area (Å²) in [4.78, 5) is 21.1. The first-order valence-corrected chi connectivity index (χ1v) is 9.72. The van der Waals surface area contributed by atoms with Gasteiger partial charge < -0.3 is 9.32 Å². The van der Waals surface area contributed by atoms with Crippen molar-refractivity contribution in [1.29, 1.82) is 0 Å². The first-order chi connectivity index (χ1) is 12.8. The molecule has 4 rings (SSSR count). The van der Waals surface area contributed by atoms with Crippen LogP contribution in [0.15, 0.2) is 52.4 Å². The van der Waals surface area contributed by atoms with Crippen LogP contribution in [0.3, 0.4) is 0 Å². The van der Waals surface area contributed by atoms with Gasteiger partial charge in [-0.2, -0.15) is 5.10 Å². The van der Waals surface area contributed by atoms with Crippen molar-refractivity contribution >= 4 is 28.8 Å². The predicted molar refractivity (Wildman–Crippen MR) is 100.0 cm³/mol. The molecule has 26 heavy (non-hydrogen) atoms. The molecule has 0 N–H and O–H groups in total. The first-order valence-electron chi connectivity index (χ1n) is 8.74. The summed E-state index contributed by atoms with van der Waals surface area (Å²) >= 11 is 1.36. The highest BCUT2D eigenvalue weighted by Crippen LogP contribution is 2.23. The van der Waals surface area contributed by atoms with Gasteiger partial charge in [-0.15, -0.1) is 0 Å². The van der Waals surface area contributed by atoms with Crippen molar-refractivity contribution in [3.8, 4) is 0 Å². The summed E-state index contributed by atoms with van der Waals surface area (Å²) in [6, 6.07) is 9.57. The molecular formula is C18H21N5O2S. The number of carbonyl (C=O) groups excluding carboxylic acids is 1. The number of benzene rings is 1. The van der Waals surface area contributed by atoms with Gasteiger partial charge in [-0.05, 0) is 18.2 Å². The van der Waals surface area contributed by atoms with Gasteiger partial charge in [-0.25, -0.2) is 4.98 Å². The Balaban J connectivity index is 1.22. The van der Waals surface area contributed by atoms with Crippen molar-refractivity contribution in [2.45, 2.75) is 11.8 Å². The number of carbonyl (C=O) groups is 1. The molecule has 0 saturated carbocycles. The van der Waals surface area contributed by atoms with Crippen molar-refractivity contribution in [3.05, 3.63) is 42.7 Å². The third-order valence-electron chi connectivity index (χ3n) is 4.52. The second kappa shape index (κ2) is 7.92. The van der Waals surface area contributed by atoms with Gasteiger partial charge in [-0.1, -0.05) is 23.9 Å². The number of para-hydroxylation sites is 2. The molecule has 1 aliphatic heterocycles. The Morgan fingerprint density at radius 3 is 2.73 bits per heavy atom. The molecule has 0 unspecified atom stereocenters. The molecule has 1 saturated heterocycles. The minimum absolute atomic E-state index is 0.143. The number of aromatic nitrogens is 3. The van der Waals surface area contributed by atoms with Crippen molar-refractivity contribution in [3.63, 3.8) is 0 Å². The van der Waals surface area contributed by atoms with Gasteiger partial charge >= 0.3 is 0 Å². The van der Waals surface area contributed by atoms with E-state index in [1.165, 1.54) is 11.8 Å². The second-order valence-corrected chi connectivity index (χ2v) is 7.15. The van der Waals surface area contributed by atoms with E-state index in [0.717, 1.165) is 50.4 Å². The number of fused-ring (bicyclic) bond motifs is 1. The van der Waals surface area contributed by atoms with Gasteiger partial charge in [0.05, 0.1) is 12.3 Å². The molecule has 2 aromatic heterocycles. The lowest BCUT2D eigenvalue weighted by Gasteiger charge is -2.34. The Bertz CT molecular complexity index is 822. The van der Waals surface area contributed by atoms with Gasteiger partial charge in [0.1, 0.15) is 5.52 Å². The molecule has 3 heterocycles. The summed E-state index contributed by atoms with van der Waals surface area (Å²) in [6.45, 7) is 5.19. The second-order valence-electron chi connectivity index (χ2n) is 6.23. The number of nitrogens with zero attached hydrogens (tertiary/aromatic N) is 5. The monoisotopic (exact) mass is 371 g/mol. The lowest BCUT2D eigenvalue weighted by Crippen LogP contribution is -2.49. The summed E-state index contributed by atoms with van der Waals surface area (Å²) in [5.74, 6) is 0.504. The van der Waals surface area contributed by atoms with Crippen molar-refractivity contribution in [2.75, 3.05) is 38.5 Å². The number of hydrogen-bond donors (Lipinski definition) is 0. The van der Waals surface area contributed by atoms with Crippen molar-refractivity contribution < 1.29 is 9.21 Å². The molecular weight excluding hydrogens is 350 g/mol. The number of thioether (sulfide) groups is 1. The Morgan fingerprint density at radius 2 is 1.96 bits per heavy atom. The van der Waals surface area contributed by atoms with Crippen LogP contribution in [0.4, 0.5) is 0 Å². The molecule has 0 spiro atoms. The summed E-state index contributed by atoms with van der Waals surface area (Å²) in [5.41, 5.74) is 1.58. The average molecular weight is 371 g/mol. The fourth-order valence-corrected chi connectivity index (χ4v) is 3.77. The maximum Gasteiger partial charge on any atom is 0.257 e. The molecule has 8 heteroatoms. The van der Waals surface area contributed by atoms with Gasteiger partial charge in [-0.3, -0.25) is 14.4 Å². The molecule has 0 atom stereocenters. The minimum Gasteiger partial charge on any atom is -0.431 e. The number of piperazine rings is 1. The van der Waals surface area contributed by atoms with Crippen LogP contribution < -0.4 is 0 Å². The van der Waals surface area contributed by atoms with Gasteiger partial charge in [0.15, 0.2) is 5.58 Å². The van der Waals surface area contributed by atoms with E-state index in [1.54, 1.807) is 6.20 Å². The Morgan fingerprint density at radius 1 is 1.12 bits per heavy atom. The molecule has 0 aliphatic carbocycles. The van der Waals surface area contributed by atoms with E-state index in [0.29, 0.717) is 11.0 Å². The largest absolute Gasteiger partial charge is 0.431 e. The van der Waals surface area contributed by atoms with E-state index in [9.17, 15) is 4.79 Å². The zero-order valence-corrected chi connectivity index (χ0v) is 15.3. The molecule has 7 nitrogen and oxygen atoms in total. The van der Waals surface area contributed by atoms with E-state index >= 15 is 0 Å². The molecule has 1 aliphatic rings. The summed E-state index contributed by atoms with van der Waals surface area (Å²) < 4.78 is 7.59. The average Bonchev–Trinajstić information content (AvgIpc) is 3.34. The molecule has 1 aromatic carbocycles. The smallest absolute Gasteiger partial charge is 0.257 e. The van der Waals surface area contributed by atoms with Gasteiger partial charge in [0.2, 0.25) is 5.91 Å². The van der Waals surface area contributed by atoms with Crippen LogP contribution in [0.25, 0.3) is 11.1 Å². The quantitative estimate of drug-likeness (QED) is 0.617. The highest BCUT2D eigenvalue weighted by atomic mass is 32.2. The Labute approximate surface area is 156 Å². The third kappa shape index (κ3) is 4.08. The number of hydrogen-bond acceptors (Lipinski definition) is 6. The molecule has 1 fully saturated rings. The molecule has 0 radical (unpaired) electrons. The minimum atomic E-state index is 0.143. The lowest BCUT2D eigenvalue weighted by molar-refractivity contribution is -0.130. The van der Waals surface area contributed by atoms with Crippen LogP contribution in [-0.4, -0.2) is 68.9 Å². The number of amides is 1. The zero-order valence-electron chi connectivity index (χ0n) is 14.5. The van der Waals surface area contributed by atoms with Gasteiger partial charge in [0, 0.05) is 45.1 Å². The van der Waals surface area contributed by atoms with E-state index in [2.05, 4.69) is 15.0 Å². The van der Waals surface area contributed by atoms with E-state index in [4.69, 9.17) is 4.42 Å². The predicted octanol–water partition coefficient (Wildman–Crippen LogP) is 1.96. The first kappa shape index (κ1) is 17.1. The summed E-state index contributed by atoms with van der Waals surface area (Å²) in [7, 11) is 0. The normalized spacial score (nSPS) is 15.6. The zero-order chi connectivity index (χ0) is 17.8. The van der Waals surface area contributed by atoms with E-state index < -0.39 is 0 Å². The summed E-state index contributed by atoms with van der Waals surface area (Å²) in [6.07, 6.45) is 3.77. The van der Waals surface area contributed by atoms with Crippen LogP contribution in [0.2, 0.25) is 0 Å². The van der Waals surface area contributed by atoms with E-state index in [-0.39, 0.29) is 5.91 Å². The highest BCUT2D eigenvalue weighted by Gasteiger charge is 2.21. The number of oxazole rings is 1. The topological polar surface area (TPSA) is 67.4 Å². The maximum atomic E-state index is 12.4. The highest BCUT2D eigenvalue weighted by molar-refractivity contribution is 7.99. The van der Waals surface area contributed by atoms with Crippen LogP contribution in [0.1, 0.15) is 0 Å².